The molecule has 0 spiro atoms. The first-order valence-electron chi connectivity index (χ1n) is 10.0. The van der Waals surface area contributed by atoms with Crippen molar-refractivity contribution in [2.24, 2.45) is 0 Å². The first kappa shape index (κ1) is 24.4. The minimum Gasteiger partial charge on any atom is -0.389 e. The summed E-state index contributed by atoms with van der Waals surface area (Å²) in [6.07, 6.45) is 7.55. The van der Waals surface area contributed by atoms with Crippen molar-refractivity contribution >= 4 is 0 Å². The number of unbranched alkanes of at least 4 members (excludes halogenated alkanes) is 2. The molecule has 0 radical (unpaired) electrons. The molecular formula is C20H41NO4. The standard InChI is InChI=1S/C20H41NO4/c1-4-6-7-11-21-20(3)10-17-23-14-9-16-25-19-18-24-15-8-13-22-12-5-2/h21H,3-19H2,1-2H3. The van der Waals surface area contributed by atoms with Gasteiger partial charge in [0.15, 0.2) is 0 Å². The van der Waals surface area contributed by atoms with Crippen LogP contribution in [0.1, 0.15) is 58.8 Å². The summed E-state index contributed by atoms with van der Waals surface area (Å²) in [5.41, 5.74) is 1.07. The van der Waals surface area contributed by atoms with E-state index in [1.54, 1.807) is 0 Å². The van der Waals surface area contributed by atoms with Crippen LogP contribution in [0.4, 0.5) is 0 Å². The van der Waals surface area contributed by atoms with Crippen LogP contribution in [0, 0.1) is 0 Å². The third-order valence-corrected chi connectivity index (χ3v) is 3.58. The normalized spacial score (nSPS) is 11.0. The predicted molar refractivity (Wildman–Crippen MR) is 104 cm³/mol. The monoisotopic (exact) mass is 359 g/mol. The Bertz CT molecular complexity index is 274. The van der Waals surface area contributed by atoms with Gasteiger partial charge in [-0.15, -0.1) is 0 Å². The molecule has 0 bridgehead atoms. The van der Waals surface area contributed by atoms with Crippen LogP contribution < -0.4 is 5.32 Å². The number of nitrogens with one attached hydrogen (secondary N) is 1. The molecule has 1 N–H and O–H groups in total. The van der Waals surface area contributed by atoms with E-state index in [9.17, 15) is 0 Å². The molecule has 150 valence electrons. The van der Waals surface area contributed by atoms with Gasteiger partial charge in [-0.25, -0.2) is 0 Å². The van der Waals surface area contributed by atoms with Crippen molar-refractivity contribution in [2.75, 3.05) is 59.4 Å². The van der Waals surface area contributed by atoms with E-state index in [2.05, 4.69) is 25.7 Å². The Morgan fingerprint density at radius 2 is 1.20 bits per heavy atom. The fourth-order valence-corrected chi connectivity index (χ4v) is 2.12. The van der Waals surface area contributed by atoms with Gasteiger partial charge in [-0.2, -0.15) is 0 Å². The molecule has 0 saturated heterocycles. The van der Waals surface area contributed by atoms with Crippen molar-refractivity contribution in [3.63, 3.8) is 0 Å². The SMILES string of the molecule is C=C(CCOCCCOCCOCCCOCCC)NCCCCC. The first-order valence-corrected chi connectivity index (χ1v) is 10.0. The van der Waals surface area contributed by atoms with E-state index in [4.69, 9.17) is 18.9 Å². The highest BCUT2D eigenvalue weighted by Crippen LogP contribution is 1.97. The Kier molecular flexibility index (Phi) is 20.9. The summed E-state index contributed by atoms with van der Waals surface area (Å²) < 4.78 is 22.0. The Morgan fingerprint density at radius 1 is 0.640 bits per heavy atom. The summed E-state index contributed by atoms with van der Waals surface area (Å²) in [6, 6.07) is 0. The third-order valence-electron chi connectivity index (χ3n) is 3.58. The lowest BCUT2D eigenvalue weighted by Crippen LogP contribution is -2.15. The van der Waals surface area contributed by atoms with Crippen LogP contribution in [0.5, 0.6) is 0 Å². The lowest BCUT2D eigenvalue weighted by Gasteiger charge is -2.10. The Balaban J connectivity index is 3.08. The third kappa shape index (κ3) is 21.3. The molecule has 0 aromatic rings. The second-order valence-electron chi connectivity index (χ2n) is 6.14. The van der Waals surface area contributed by atoms with Gasteiger partial charge in [0.05, 0.1) is 19.8 Å². The number of rotatable bonds is 21. The predicted octanol–water partition coefficient (Wildman–Crippen LogP) is 3.93. The summed E-state index contributed by atoms with van der Waals surface area (Å²) in [7, 11) is 0. The fourth-order valence-electron chi connectivity index (χ4n) is 2.12. The average Bonchev–Trinajstić information content (AvgIpc) is 2.62. The van der Waals surface area contributed by atoms with Crippen LogP contribution in [-0.4, -0.2) is 59.4 Å². The lowest BCUT2D eigenvalue weighted by molar-refractivity contribution is 0.0273. The molecule has 5 nitrogen and oxygen atoms in total. The van der Waals surface area contributed by atoms with Gasteiger partial charge in [0, 0.05) is 51.7 Å². The van der Waals surface area contributed by atoms with Crippen molar-refractivity contribution in [2.45, 2.75) is 58.8 Å². The zero-order valence-corrected chi connectivity index (χ0v) is 16.7. The maximum atomic E-state index is 5.60. The smallest absolute Gasteiger partial charge is 0.0700 e. The fraction of sp³-hybridized carbons (Fsp3) is 0.900. The maximum absolute atomic E-state index is 5.60. The van der Waals surface area contributed by atoms with E-state index in [0.29, 0.717) is 13.2 Å². The van der Waals surface area contributed by atoms with E-state index in [0.717, 1.165) is 77.6 Å². The molecule has 0 aromatic carbocycles. The highest BCUT2D eigenvalue weighted by Gasteiger charge is 1.96. The van der Waals surface area contributed by atoms with E-state index >= 15 is 0 Å². The van der Waals surface area contributed by atoms with Crippen LogP contribution in [-0.2, 0) is 18.9 Å². The van der Waals surface area contributed by atoms with Gasteiger partial charge in [0.25, 0.3) is 0 Å². The molecule has 0 aromatic heterocycles. The molecule has 25 heavy (non-hydrogen) atoms. The summed E-state index contributed by atoms with van der Waals surface area (Å²) in [5.74, 6) is 0. The molecule has 0 saturated carbocycles. The maximum Gasteiger partial charge on any atom is 0.0700 e. The highest BCUT2D eigenvalue weighted by molar-refractivity contribution is 4.90. The van der Waals surface area contributed by atoms with E-state index in [1.165, 1.54) is 19.3 Å². The quantitative estimate of drug-likeness (QED) is 0.315. The minimum absolute atomic E-state index is 0.647. The molecule has 0 rings (SSSR count). The molecule has 0 aliphatic rings. The topological polar surface area (TPSA) is 49.0 Å². The minimum atomic E-state index is 0.647. The highest BCUT2D eigenvalue weighted by atomic mass is 16.5. The summed E-state index contributed by atoms with van der Waals surface area (Å²) in [4.78, 5) is 0. The Morgan fingerprint density at radius 3 is 1.76 bits per heavy atom. The van der Waals surface area contributed by atoms with Gasteiger partial charge in [-0.3, -0.25) is 0 Å². The molecule has 0 atom stereocenters. The van der Waals surface area contributed by atoms with Gasteiger partial charge >= 0.3 is 0 Å². The molecule has 0 fully saturated rings. The Hall–Kier alpha value is -0.620. The van der Waals surface area contributed by atoms with E-state index in [1.807, 2.05) is 0 Å². The average molecular weight is 360 g/mol. The van der Waals surface area contributed by atoms with E-state index < -0.39 is 0 Å². The zero-order valence-electron chi connectivity index (χ0n) is 16.7. The van der Waals surface area contributed by atoms with Crippen molar-refractivity contribution in [1.29, 1.82) is 0 Å². The molecule has 0 aliphatic carbocycles. The van der Waals surface area contributed by atoms with Crippen molar-refractivity contribution in [3.05, 3.63) is 12.3 Å². The second-order valence-corrected chi connectivity index (χ2v) is 6.14. The van der Waals surface area contributed by atoms with E-state index in [-0.39, 0.29) is 0 Å². The van der Waals surface area contributed by atoms with Gasteiger partial charge in [-0.05, 0) is 25.7 Å². The van der Waals surface area contributed by atoms with Crippen molar-refractivity contribution in [3.8, 4) is 0 Å². The number of hydrogen-bond acceptors (Lipinski definition) is 5. The summed E-state index contributed by atoms with van der Waals surface area (Å²) >= 11 is 0. The van der Waals surface area contributed by atoms with Gasteiger partial charge in [0.2, 0.25) is 0 Å². The molecule has 0 amide bonds. The largest absolute Gasteiger partial charge is 0.389 e. The van der Waals surface area contributed by atoms with Crippen LogP contribution in [0.25, 0.3) is 0 Å². The van der Waals surface area contributed by atoms with Crippen LogP contribution in [0.3, 0.4) is 0 Å². The molecule has 0 aliphatic heterocycles. The van der Waals surface area contributed by atoms with Crippen molar-refractivity contribution in [1.82, 2.24) is 5.32 Å². The Labute approximate surface area is 155 Å². The van der Waals surface area contributed by atoms with Crippen LogP contribution >= 0.6 is 0 Å². The number of hydrogen-bond donors (Lipinski definition) is 1. The van der Waals surface area contributed by atoms with Gasteiger partial charge < -0.3 is 24.3 Å². The van der Waals surface area contributed by atoms with Crippen molar-refractivity contribution < 1.29 is 18.9 Å². The molecular weight excluding hydrogens is 318 g/mol. The summed E-state index contributed by atoms with van der Waals surface area (Å²) in [5, 5.41) is 3.35. The first-order chi connectivity index (χ1) is 12.3. The summed E-state index contributed by atoms with van der Waals surface area (Å²) in [6.45, 7) is 15.2. The second kappa shape index (κ2) is 21.4. The lowest BCUT2D eigenvalue weighted by atomic mass is 10.2. The van der Waals surface area contributed by atoms with Crippen LogP contribution in [0.15, 0.2) is 12.3 Å². The van der Waals surface area contributed by atoms with Gasteiger partial charge in [0.1, 0.15) is 0 Å². The molecule has 0 unspecified atom stereocenters. The molecule has 5 heteroatoms. The van der Waals surface area contributed by atoms with Gasteiger partial charge in [-0.1, -0.05) is 33.3 Å². The zero-order chi connectivity index (χ0) is 18.4. The van der Waals surface area contributed by atoms with Crippen LogP contribution in [0.2, 0.25) is 0 Å². The molecule has 0 heterocycles. The number of ether oxygens (including phenoxy) is 4.